The van der Waals surface area contributed by atoms with Gasteiger partial charge in [-0.3, -0.25) is 14.8 Å². The summed E-state index contributed by atoms with van der Waals surface area (Å²) in [7, 11) is 0. The van der Waals surface area contributed by atoms with Crippen LogP contribution in [0.5, 0.6) is 0 Å². The van der Waals surface area contributed by atoms with Gasteiger partial charge in [0.15, 0.2) is 0 Å². The molecule has 0 radical (unpaired) electrons. The molecule has 3 heterocycles. The van der Waals surface area contributed by atoms with Gasteiger partial charge in [-0.2, -0.15) is 0 Å². The van der Waals surface area contributed by atoms with E-state index in [9.17, 15) is 0 Å². The zero-order valence-corrected chi connectivity index (χ0v) is 15.3. The van der Waals surface area contributed by atoms with Crippen molar-refractivity contribution < 1.29 is 4.42 Å². The van der Waals surface area contributed by atoms with E-state index in [0.717, 1.165) is 45.0 Å². The molecule has 0 amide bonds. The third kappa shape index (κ3) is 3.87. The summed E-state index contributed by atoms with van der Waals surface area (Å²) in [5.41, 5.74) is 5.01. The maximum atomic E-state index is 5.61. The minimum atomic E-state index is 0.948. The highest BCUT2D eigenvalue weighted by atomic mass is 16.3. The number of aryl methyl sites for hydroxylation is 1. The molecule has 1 saturated heterocycles. The van der Waals surface area contributed by atoms with E-state index in [4.69, 9.17) is 4.42 Å². The van der Waals surface area contributed by atoms with E-state index in [0.29, 0.717) is 0 Å². The van der Waals surface area contributed by atoms with E-state index in [-0.39, 0.29) is 0 Å². The molecular formula is C22H25N3O. The Kier molecular flexibility index (Phi) is 5.14. The van der Waals surface area contributed by atoms with Crippen LogP contribution in [-0.4, -0.2) is 41.0 Å². The Morgan fingerprint density at radius 2 is 1.65 bits per heavy atom. The van der Waals surface area contributed by atoms with E-state index < -0.39 is 0 Å². The Balaban J connectivity index is 1.37. The maximum absolute atomic E-state index is 5.61. The standard InChI is InChI=1S/C22H25N3O/c1-18-6-4-10-23-21(18)17-25-13-11-24(12-14-25)16-19-7-2-3-8-20(19)22-9-5-15-26-22/h2-10,15H,11-14,16-17H2,1H3. The summed E-state index contributed by atoms with van der Waals surface area (Å²) in [6.07, 6.45) is 3.63. The Morgan fingerprint density at radius 3 is 2.38 bits per heavy atom. The first kappa shape index (κ1) is 17.0. The van der Waals surface area contributed by atoms with Crippen LogP contribution in [0.1, 0.15) is 16.8 Å². The van der Waals surface area contributed by atoms with Gasteiger partial charge in [0.1, 0.15) is 5.76 Å². The Morgan fingerprint density at radius 1 is 0.885 bits per heavy atom. The Labute approximate surface area is 155 Å². The lowest BCUT2D eigenvalue weighted by molar-refractivity contribution is 0.121. The number of hydrogen-bond donors (Lipinski definition) is 0. The number of piperazine rings is 1. The molecule has 26 heavy (non-hydrogen) atoms. The number of aromatic nitrogens is 1. The summed E-state index contributed by atoms with van der Waals surface area (Å²) in [5, 5.41) is 0. The third-order valence-corrected chi connectivity index (χ3v) is 5.15. The van der Waals surface area contributed by atoms with Crippen molar-refractivity contribution in [2.45, 2.75) is 20.0 Å². The van der Waals surface area contributed by atoms with Gasteiger partial charge in [-0.25, -0.2) is 0 Å². The average molecular weight is 347 g/mol. The normalized spacial score (nSPS) is 16.0. The monoisotopic (exact) mass is 347 g/mol. The molecule has 134 valence electrons. The fourth-order valence-electron chi connectivity index (χ4n) is 3.57. The zero-order chi connectivity index (χ0) is 17.8. The van der Waals surface area contributed by atoms with Crippen LogP contribution in [0.3, 0.4) is 0 Å². The van der Waals surface area contributed by atoms with E-state index in [1.165, 1.54) is 22.4 Å². The van der Waals surface area contributed by atoms with Gasteiger partial charge in [0, 0.05) is 51.0 Å². The van der Waals surface area contributed by atoms with Crippen LogP contribution in [0.4, 0.5) is 0 Å². The van der Waals surface area contributed by atoms with Crippen LogP contribution in [0, 0.1) is 6.92 Å². The summed E-state index contributed by atoms with van der Waals surface area (Å²) in [4.78, 5) is 9.57. The number of benzene rings is 1. The van der Waals surface area contributed by atoms with E-state index in [1.54, 1.807) is 6.26 Å². The minimum Gasteiger partial charge on any atom is -0.464 e. The smallest absolute Gasteiger partial charge is 0.134 e. The van der Waals surface area contributed by atoms with E-state index in [2.05, 4.69) is 52.0 Å². The molecule has 0 spiro atoms. The molecule has 0 bridgehead atoms. The van der Waals surface area contributed by atoms with Crippen molar-refractivity contribution in [2.75, 3.05) is 26.2 Å². The molecule has 4 rings (SSSR count). The van der Waals surface area contributed by atoms with Crippen molar-refractivity contribution in [2.24, 2.45) is 0 Å². The molecule has 4 nitrogen and oxygen atoms in total. The molecule has 0 atom stereocenters. The molecule has 2 aromatic heterocycles. The number of hydrogen-bond acceptors (Lipinski definition) is 4. The lowest BCUT2D eigenvalue weighted by Gasteiger charge is -2.35. The van der Waals surface area contributed by atoms with E-state index in [1.807, 2.05) is 24.4 Å². The van der Waals surface area contributed by atoms with Gasteiger partial charge in [0.2, 0.25) is 0 Å². The maximum Gasteiger partial charge on any atom is 0.134 e. The van der Waals surface area contributed by atoms with Gasteiger partial charge in [-0.15, -0.1) is 0 Å². The molecule has 1 fully saturated rings. The molecule has 1 aliphatic heterocycles. The summed E-state index contributed by atoms with van der Waals surface area (Å²) in [6.45, 7) is 8.38. The molecule has 3 aromatic rings. The third-order valence-electron chi connectivity index (χ3n) is 5.15. The van der Waals surface area contributed by atoms with E-state index >= 15 is 0 Å². The molecule has 4 heteroatoms. The molecule has 0 N–H and O–H groups in total. The zero-order valence-electron chi connectivity index (χ0n) is 15.3. The molecule has 0 aliphatic carbocycles. The molecule has 0 unspecified atom stereocenters. The fourth-order valence-corrected chi connectivity index (χ4v) is 3.57. The van der Waals surface area contributed by atoms with Crippen LogP contribution >= 0.6 is 0 Å². The summed E-state index contributed by atoms with van der Waals surface area (Å²) >= 11 is 0. The summed E-state index contributed by atoms with van der Waals surface area (Å²) < 4.78 is 5.61. The quantitative estimate of drug-likeness (QED) is 0.699. The second kappa shape index (κ2) is 7.85. The number of nitrogens with zero attached hydrogens (tertiary/aromatic N) is 3. The fraction of sp³-hybridized carbons (Fsp3) is 0.318. The van der Waals surface area contributed by atoms with Crippen molar-refractivity contribution in [3.63, 3.8) is 0 Å². The molecule has 0 saturated carbocycles. The van der Waals surface area contributed by atoms with Gasteiger partial charge >= 0.3 is 0 Å². The molecule has 1 aromatic carbocycles. The number of pyridine rings is 1. The van der Waals surface area contributed by atoms with Crippen LogP contribution in [-0.2, 0) is 13.1 Å². The predicted octanol–water partition coefficient (Wildman–Crippen LogP) is 3.97. The first-order chi connectivity index (χ1) is 12.8. The van der Waals surface area contributed by atoms with Gasteiger partial charge in [-0.1, -0.05) is 30.3 Å². The van der Waals surface area contributed by atoms with Crippen molar-refractivity contribution >= 4 is 0 Å². The largest absolute Gasteiger partial charge is 0.464 e. The highest BCUT2D eigenvalue weighted by Crippen LogP contribution is 2.25. The number of furan rings is 1. The molecule has 1 aliphatic rings. The van der Waals surface area contributed by atoms with Crippen molar-refractivity contribution in [1.29, 1.82) is 0 Å². The topological polar surface area (TPSA) is 32.5 Å². The van der Waals surface area contributed by atoms with Crippen LogP contribution in [0.15, 0.2) is 65.4 Å². The summed E-state index contributed by atoms with van der Waals surface area (Å²) in [5.74, 6) is 0.949. The number of rotatable bonds is 5. The lowest BCUT2D eigenvalue weighted by Crippen LogP contribution is -2.45. The SMILES string of the molecule is Cc1cccnc1CN1CCN(Cc2ccccc2-c2ccco2)CC1. The van der Waals surface area contributed by atoms with Gasteiger partial charge in [0.25, 0.3) is 0 Å². The first-order valence-corrected chi connectivity index (χ1v) is 9.26. The Bertz CT molecular complexity index is 836. The van der Waals surface area contributed by atoms with Gasteiger partial charge < -0.3 is 4.42 Å². The van der Waals surface area contributed by atoms with Crippen LogP contribution in [0.25, 0.3) is 11.3 Å². The van der Waals surface area contributed by atoms with Crippen molar-refractivity contribution in [1.82, 2.24) is 14.8 Å². The first-order valence-electron chi connectivity index (χ1n) is 9.26. The minimum absolute atomic E-state index is 0.948. The van der Waals surface area contributed by atoms with Gasteiger partial charge in [0.05, 0.1) is 12.0 Å². The lowest BCUT2D eigenvalue weighted by atomic mass is 10.0. The second-order valence-corrected chi connectivity index (χ2v) is 6.95. The van der Waals surface area contributed by atoms with Gasteiger partial charge in [-0.05, 0) is 36.2 Å². The van der Waals surface area contributed by atoms with Crippen molar-refractivity contribution in [3.05, 3.63) is 77.8 Å². The van der Waals surface area contributed by atoms with Crippen molar-refractivity contribution in [3.8, 4) is 11.3 Å². The highest BCUT2D eigenvalue weighted by molar-refractivity contribution is 5.61. The second-order valence-electron chi connectivity index (χ2n) is 6.95. The average Bonchev–Trinajstić information content (AvgIpc) is 3.20. The summed E-state index contributed by atoms with van der Waals surface area (Å²) in [6, 6.07) is 16.7. The Hall–Kier alpha value is -2.43. The predicted molar refractivity (Wildman–Crippen MR) is 104 cm³/mol. The van der Waals surface area contributed by atoms with Crippen LogP contribution in [0.2, 0.25) is 0 Å². The molecular weight excluding hydrogens is 322 g/mol. The van der Waals surface area contributed by atoms with Crippen LogP contribution < -0.4 is 0 Å². The highest BCUT2D eigenvalue weighted by Gasteiger charge is 2.19.